The van der Waals surface area contributed by atoms with Crippen LogP contribution in [0.25, 0.3) is 0 Å². The number of carbonyl (C=O) groups excluding carboxylic acids is 1. The van der Waals surface area contributed by atoms with Gasteiger partial charge in [0.15, 0.2) is 5.78 Å². The van der Waals surface area contributed by atoms with Crippen LogP contribution in [0.2, 0.25) is 0 Å². The Kier molecular flexibility index (Phi) is 7.11. The van der Waals surface area contributed by atoms with Crippen molar-refractivity contribution in [2.24, 2.45) is 0 Å². The molecule has 2 rings (SSSR count). The Hall–Kier alpha value is -0.786. The minimum Gasteiger partial charge on any atom is -0.358 e. The van der Waals surface area contributed by atoms with E-state index in [0.717, 1.165) is 5.56 Å². The number of carbonyl (C=O) groups is 1. The Morgan fingerprint density at radius 3 is 1.94 bits per heavy atom. The van der Waals surface area contributed by atoms with Crippen molar-refractivity contribution in [2.45, 2.75) is 0 Å². The molecule has 0 saturated heterocycles. The predicted molar refractivity (Wildman–Crippen MR) is 61.6 cm³/mol. The molecule has 0 N–H and O–H groups in total. The Morgan fingerprint density at radius 1 is 0.875 bits per heavy atom. The van der Waals surface area contributed by atoms with Crippen LogP contribution in [0.3, 0.4) is 0 Å². The molecule has 0 aromatic heterocycles. The van der Waals surface area contributed by atoms with Gasteiger partial charge in [-0.25, -0.2) is 0 Å². The average molecular weight is 285 g/mol. The molecule has 0 aliphatic carbocycles. The molecule has 1 radical (unpaired) electrons. The minimum absolute atomic E-state index is 0. The molecule has 0 fully saturated rings. The SMILES string of the molecule is O=C(c1cc[c-]cc1)c1ccccc1.[CH3-].[Y]. The summed E-state index contributed by atoms with van der Waals surface area (Å²) in [5.74, 6) is 0.0552. The van der Waals surface area contributed by atoms with Crippen LogP contribution >= 0.6 is 0 Å². The molecule has 0 atom stereocenters. The van der Waals surface area contributed by atoms with Gasteiger partial charge >= 0.3 is 0 Å². The fourth-order valence-corrected chi connectivity index (χ4v) is 1.29. The molecule has 0 amide bonds. The molecule has 0 aliphatic heterocycles. The van der Waals surface area contributed by atoms with Crippen LogP contribution < -0.4 is 0 Å². The molecule has 0 saturated carbocycles. The summed E-state index contributed by atoms with van der Waals surface area (Å²) in [5, 5.41) is 0. The van der Waals surface area contributed by atoms with Crippen LogP contribution in [-0.4, -0.2) is 5.78 Å². The third-order valence-electron chi connectivity index (χ3n) is 2.02. The Balaban J connectivity index is 0.00000112. The van der Waals surface area contributed by atoms with E-state index in [2.05, 4.69) is 6.07 Å². The summed E-state index contributed by atoms with van der Waals surface area (Å²) in [6.07, 6.45) is 0. The second-order valence-corrected chi connectivity index (χ2v) is 2.98. The van der Waals surface area contributed by atoms with Gasteiger partial charge in [-0.1, -0.05) is 35.9 Å². The molecule has 2 aromatic rings. The van der Waals surface area contributed by atoms with Crippen molar-refractivity contribution in [3.05, 3.63) is 79.2 Å². The van der Waals surface area contributed by atoms with E-state index in [4.69, 9.17) is 0 Å². The Labute approximate surface area is 122 Å². The second-order valence-electron chi connectivity index (χ2n) is 2.98. The van der Waals surface area contributed by atoms with Gasteiger partial charge in [0.2, 0.25) is 0 Å². The molecule has 2 heteroatoms. The molecule has 16 heavy (non-hydrogen) atoms. The summed E-state index contributed by atoms with van der Waals surface area (Å²) in [5.41, 5.74) is 1.42. The maximum absolute atomic E-state index is 11.8. The Morgan fingerprint density at radius 2 is 1.38 bits per heavy atom. The van der Waals surface area contributed by atoms with Gasteiger partial charge < -0.3 is 7.43 Å². The van der Waals surface area contributed by atoms with Gasteiger partial charge in [-0.05, 0) is 0 Å². The van der Waals surface area contributed by atoms with E-state index in [-0.39, 0.29) is 45.9 Å². The maximum atomic E-state index is 11.8. The summed E-state index contributed by atoms with van der Waals surface area (Å²) < 4.78 is 0. The number of hydrogen-bond donors (Lipinski definition) is 0. The van der Waals surface area contributed by atoms with E-state index >= 15 is 0 Å². The minimum atomic E-state index is 0. The molecule has 0 heterocycles. The quantitative estimate of drug-likeness (QED) is 0.612. The van der Waals surface area contributed by atoms with Gasteiger partial charge in [-0.15, -0.1) is 0 Å². The first-order valence-corrected chi connectivity index (χ1v) is 4.44. The van der Waals surface area contributed by atoms with E-state index < -0.39 is 0 Å². The van der Waals surface area contributed by atoms with Crippen molar-refractivity contribution < 1.29 is 37.5 Å². The summed E-state index contributed by atoms with van der Waals surface area (Å²) in [7, 11) is 0. The third-order valence-corrected chi connectivity index (χ3v) is 2.02. The molecular formula is C14H12OY-2. The van der Waals surface area contributed by atoms with Crippen molar-refractivity contribution in [2.75, 3.05) is 0 Å². The fourth-order valence-electron chi connectivity index (χ4n) is 1.29. The van der Waals surface area contributed by atoms with Crippen LogP contribution in [-0.2, 0) is 32.7 Å². The van der Waals surface area contributed by atoms with E-state index in [1.54, 1.807) is 24.3 Å². The van der Waals surface area contributed by atoms with E-state index in [1.165, 1.54) is 0 Å². The summed E-state index contributed by atoms with van der Waals surface area (Å²) in [6, 6.07) is 19.2. The third kappa shape index (κ3) is 3.66. The zero-order valence-electron chi connectivity index (χ0n) is 9.18. The first kappa shape index (κ1) is 15.2. The van der Waals surface area contributed by atoms with Crippen molar-refractivity contribution in [3.63, 3.8) is 0 Å². The zero-order valence-corrected chi connectivity index (χ0v) is 12.0. The van der Waals surface area contributed by atoms with Crippen LogP contribution in [0.5, 0.6) is 0 Å². The second kappa shape index (κ2) is 7.48. The number of ketones is 1. The molecule has 0 aliphatic rings. The summed E-state index contributed by atoms with van der Waals surface area (Å²) >= 11 is 0. The van der Waals surface area contributed by atoms with Gasteiger partial charge in [0.1, 0.15) is 0 Å². The van der Waals surface area contributed by atoms with Crippen LogP contribution in [0.1, 0.15) is 15.9 Å². The van der Waals surface area contributed by atoms with Gasteiger partial charge in [-0.2, -0.15) is 30.3 Å². The van der Waals surface area contributed by atoms with Crippen molar-refractivity contribution in [1.29, 1.82) is 0 Å². The largest absolute Gasteiger partial charge is 0.358 e. The van der Waals surface area contributed by atoms with Crippen molar-refractivity contribution in [1.82, 2.24) is 0 Å². The van der Waals surface area contributed by atoms with Gasteiger partial charge in [-0.3, -0.25) is 4.79 Å². The van der Waals surface area contributed by atoms with Gasteiger partial charge in [0.05, 0.1) is 0 Å². The zero-order chi connectivity index (χ0) is 9.80. The number of hydrogen-bond acceptors (Lipinski definition) is 1. The maximum Gasteiger partial charge on any atom is 0.169 e. The smallest absolute Gasteiger partial charge is 0.169 e. The number of benzene rings is 2. The first-order valence-electron chi connectivity index (χ1n) is 4.44. The van der Waals surface area contributed by atoms with Crippen molar-refractivity contribution >= 4 is 5.78 Å². The monoisotopic (exact) mass is 285 g/mol. The van der Waals surface area contributed by atoms with E-state index in [1.807, 2.05) is 30.3 Å². The Bertz CT molecular complexity index is 382. The average Bonchev–Trinajstić information content (AvgIpc) is 2.30. The molecule has 0 unspecified atom stereocenters. The predicted octanol–water partition coefficient (Wildman–Crippen LogP) is 3.17. The molecule has 2 aromatic carbocycles. The topological polar surface area (TPSA) is 17.1 Å². The number of rotatable bonds is 2. The van der Waals surface area contributed by atoms with Crippen LogP contribution in [0.15, 0.2) is 54.6 Å². The standard InChI is InChI=1S/C13H9O.CH3.Y/c14-13(11-7-3-1-4-8-11)12-9-5-2-6-10-12;;/h1,3-10H;1H3;/q2*-1;. The first-order chi connectivity index (χ1) is 6.88. The molecule has 0 bridgehead atoms. The summed E-state index contributed by atoms with van der Waals surface area (Å²) in [4.78, 5) is 11.8. The van der Waals surface area contributed by atoms with Gasteiger partial charge in [0, 0.05) is 38.3 Å². The van der Waals surface area contributed by atoms with Crippen LogP contribution in [0, 0.1) is 13.5 Å². The molecular weight excluding hydrogens is 273 g/mol. The normalized spacial score (nSPS) is 8.50. The van der Waals surface area contributed by atoms with E-state index in [9.17, 15) is 4.79 Å². The fraction of sp³-hybridized carbons (Fsp3) is 0. The van der Waals surface area contributed by atoms with Crippen LogP contribution in [0.4, 0.5) is 0 Å². The van der Waals surface area contributed by atoms with Crippen molar-refractivity contribution in [3.8, 4) is 0 Å². The summed E-state index contributed by atoms with van der Waals surface area (Å²) in [6.45, 7) is 0. The van der Waals surface area contributed by atoms with E-state index in [0.29, 0.717) is 5.56 Å². The van der Waals surface area contributed by atoms with Gasteiger partial charge in [0.25, 0.3) is 0 Å². The molecule has 0 spiro atoms. The molecule has 1 nitrogen and oxygen atoms in total. The molecule has 79 valence electrons.